The van der Waals surface area contributed by atoms with Crippen molar-refractivity contribution in [2.45, 2.75) is 24.9 Å². The van der Waals surface area contributed by atoms with Crippen molar-refractivity contribution in [2.75, 3.05) is 12.3 Å². The average molecular weight is 267 g/mol. The summed E-state index contributed by atoms with van der Waals surface area (Å²) in [5.41, 5.74) is 5.40. The molecule has 102 valence electrons. The molecule has 9 heteroatoms. The number of hydrogen-bond donors (Lipinski definition) is 4. The van der Waals surface area contributed by atoms with Gasteiger partial charge in [-0.1, -0.05) is 0 Å². The molecule has 2 aromatic rings. The van der Waals surface area contributed by atoms with Gasteiger partial charge in [0.25, 0.3) is 5.56 Å². The summed E-state index contributed by atoms with van der Waals surface area (Å²) >= 11 is 0. The fraction of sp³-hybridized carbons (Fsp3) is 0.500. The van der Waals surface area contributed by atoms with Crippen molar-refractivity contribution < 1.29 is 14.9 Å². The van der Waals surface area contributed by atoms with Crippen LogP contribution in [0.5, 0.6) is 0 Å². The van der Waals surface area contributed by atoms with E-state index in [1.165, 1.54) is 10.9 Å². The minimum absolute atomic E-state index is 0.0366. The molecular formula is C10H13N5O4. The fourth-order valence-electron chi connectivity index (χ4n) is 2.23. The molecule has 0 bridgehead atoms. The van der Waals surface area contributed by atoms with Crippen LogP contribution in [0.15, 0.2) is 11.1 Å². The highest BCUT2D eigenvalue weighted by Gasteiger charge is 2.35. The predicted octanol–water partition coefficient (Wildman–Crippen LogP) is -1.66. The molecule has 2 aromatic heterocycles. The number of rotatable bonds is 2. The van der Waals surface area contributed by atoms with Crippen LogP contribution in [-0.4, -0.2) is 48.5 Å². The summed E-state index contributed by atoms with van der Waals surface area (Å²) in [6.45, 7) is -0.184. The number of aromatic amines is 1. The predicted molar refractivity (Wildman–Crippen MR) is 64.2 cm³/mol. The lowest BCUT2D eigenvalue weighted by molar-refractivity contribution is -0.0486. The second-order valence-corrected chi connectivity index (χ2v) is 4.41. The Hall–Kier alpha value is -1.97. The molecule has 9 nitrogen and oxygen atoms in total. The van der Waals surface area contributed by atoms with Crippen LogP contribution in [0.1, 0.15) is 12.6 Å². The van der Waals surface area contributed by atoms with E-state index in [1.807, 2.05) is 0 Å². The van der Waals surface area contributed by atoms with Crippen molar-refractivity contribution in [3.05, 3.63) is 16.7 Å². The minimum atomic E-state index is -0.808. The van der Waals surface area contributed by atoms with E-state index < -0.39 is 24.0 Å². The number of H-pyrrole nitrogens is 1. The Balaban J connectivity index is 2.09. The van der Waals surface area contributed by atoms with Crippen LogP contribution in [0.4, 0.5) is 5.95 Å². The molecule has 0 amide bonds. The lowest BCUT2D eigenvalue weighted by Crippen LogP contribution is -2.20. The fourth-order valence-corrected chi connectivity index (χ4v) is 2.23. The van der Waals surface area contributed by atoms with Crippen LogP contribution < -0.4 is 11.3 Å². The molecule has 1 aliphatic rings. The molecule has 1 fully saturated rings. The molecule has 3 atom stereocenters. The van der Waals surface area contributed by atoms with Crippen LogP contribution >= 0.6 is 0 Å². The molecule has 0 aliphatic carbocycles. The lowest BCUT2D eigenvalue weighted by atomic mass is 10.2. The van der Waals surface area contributed by atoms with Gasteiger partial charge in [-0.2, -0.15) is 4.98 Å². The summed E-state index contributed by atoms with van der Waals surface area (Å²) in [7, 11) is 0. The van der Waals surface area contributed by atoms with Gasteiger partial charge in [0, 0.05) is 6.42 Å². The molecule has 0 aromatic carbocycles. The van der Waals surface area contributed by atoms with Gasteiger partial charge >= 0.3 is 0 Å². The molecule has 1 saturated heterocycles. The number of imidazole rings is 1. The van der Waals surface area contributed by atoms with Crippen LogP contribution in [0.25, 0.3) is 11.2 Å². The molecule has 2 unspecified atom stereocenters. The van der Waals surface area contributed by atoms with E-state index in [0.717, 1.165) is 0 Å². The second-order valence-electron chi connectivity index (χ2n) is 4.41. The van der Waals surface area contributed by atoms with Gasteiger partial charge in [-0.15, -0.1) is 0 Å². The maximum absolute atomic E-state index is 11.6. The summed E-state index contributed by atoms with van der Waals surface area (Å²) in [6.07, 6.45) is -0.330. The molecule has 0 radical (unpaired) electrons. The van der Waals surface area contributed by atoms with Crippen molar-refractivity contribution in [2.24, 2.45) is 0 Å². The zero-order valence-corrected chi connectivity index (χ0v) is 9.85. The van der Waals surface area contributed by atoms with E-state index in [2.05, 4.69) is 15.0 Å². The number of nitrogens with zero attached hydrogens (tertiary/aromatic N) is 3. The van der Waals surface area contributed by atoms with E-state index in [-0.39, 0.29) is 23.7 Å². The highest BCUT2D eigenvalue weighted by Crippen LogP contribution is 2.30. The van der Waals surface area contributed by atoms with Gasteiger partial charge in [0.05, 0.1) is 19.0 Å². The first-order valence-electron chi connectivity index (χ1n) is 5.77. The van der Waals surface area contributed by atoms with E-state index in [4.69, 9.17) is 15.6 Å². The van der Waals surface area contributed by atoms with Gasteiger partial charge in [0.1, 0.15) is 6.10 Å². The zero-order chi connectivity index (χ0) is 13.6. The largest absolute Gasteiger partial charge is 0.394 e. The second kappa shape index (κ2) is 4.30. The Morgan fingerprint density at radius 2 is 2.42 bits per heavy atom. The van der Waals surface area contributed by atoms with Crippen molar-refractivity contribution in [1.82, 2.24) is 19.5 Å². The third-order valence-electron chi connectivity index (χ3n) is 3.09. The molecule has 3 rings (SSSR count). The van der Waals surface area contributed by atoms with Crippen LogP contribution in [0.2, 0.25) is 0 Å². The smallest absolute Gasteiger partial charge is 0.280 e. The van der Waals surface area contributed by atoms with Gasteiger partial charge in [-0.05, 0) is 0 Å². The molecule has 5 N–H and O–H groups in total. The third-order valence-corrected chi connectivity index (χ3v) is 3.09. The van der Waals surface area contributed by atoms with Crippen molar-refractivity contribution in [3.8, 4) is 0 Å². The van der Waals surface area contributed by atoms with Crippen molar-refractivity contribution in [3.63, 3.8) is 0 Å². The Bertz CT molecular complexity index is 665. The first-order chi connectivity index (χ1) is 9.10. The van der Waals surface area contributed by atoms with Gasteiger partial charge in [-0.25, -0.2) is 4.98 Å². The van der Waals surface area contributed by atoms with Crippen molar-refractivity contribution >= 4 is 17.1 Å². The van der Waals surface area contributed by atoms with E-state index in [9.17, 15) is 9.90 Å². The quantitative estimate of drug-likeness (QED) is 0.510. The molecular weight excluding hydrogens is 254 g/mol. The summed E-state index contributed by atoms with van der Waals surface area (Å²) < 4.78 is 6.93. The van der Waals surface area contributed by atoms with Crippen LogP contribution in [-0.2, 0) is 4.74 Å². The average Bonchev–Trinajstić information content (AvgIpc) is 2.92. The SMILES string of the molecule is Nc1nc2c(ncn2C2OC(CO)C[C@H]2O)c(=O)[nH]1. The summed E-state index contributed by atoms with van der Waals surface area (Å²) in [6, 6.07) is 0. The Morgan fingerprint density at radius 1 is 1.63 bits per heavy atom. The van der Waals surface area contributed by atoms with E-state index in [0.29, 0.717) is 6.42 Å². The van der Waals surface area contributed by atoms with Gasteiger partial charge in [0.2, 0.25) is 5.95 Å². The number of aliphatic hydroxyl groups is 2. The number of fused-ring (bicyclic) bond motifs is 1. The van der Waals surface area contributed by atoms with E-state index >= 15 is 0 Å². The highest BCUT2D eigenvalue weighted by molar-refractivity contribution is 5.70. The van der Waals surface area contributed by atoms with Crippen LogP contribution in [0.3, 0.4) is 0 Å². The zero-order valence-electron chi connectivity index (χ0n) is 9.85. The Morgan fingerprint density at radius 3 is 3.11 bits per heavy atom. The highest BCUT2D eigenvalue weighted by atomic mass is 16.5. The number of nitrogen functional groups attached to an aromatic ring is 1. The minimum Gasteiger partial charge on any atom is -0.394 e. The van der Waals surface area contributed by atoms with Crippen LogP contribution in [0, 0.1) is 0 Å². The Labute approximate surface area is 106 Å². The van der Waals surface area contributed by atoms with Gasteiger partial charge in [-0.3, -0.25) is 14.3 Å². The number of aromatic nitrogens is 4. The number of ether oxygens (including phenoxy) is 1. The first kappa shape index (κ1) is 12.1. The normalized spacial score (nSPS) is 27.2. The van der Waals surface area contributed by atoms with Gasteiger partial charge in [0.15, 0.2) is 17.4 Å². The molecule has 0 spiro atoms. The Kier molecular flexibility index (Phi) is 2.73. The lowest BCUT2D eigenvalue weighted by Gasteiger charge is -2.16. The summed E-state index contributed by atoms with van der Waals surface area (Å²) in [4.78, 5) is 21.9. The number of anilines is 1. The number of hydrogen-bond acceptors (Lipinski definition) is 7. The topological polar surface area (TPSA) is 139 Å². The maximum Gasteiger partial charge on any atom is 0.280 e. The van der Waals surface area contributed by atoms with E-state index in [1.54, 1.807) is 0 Å². The van der Waals surface area contributed by atoms with Crippen molar-refractivity contribution in [1.29, 1.82) is 0 Å². The monoisotopic (exact) mass is 267 g/mol. The molecule has 1 aliphatic heterocycles. The molecule has 19 heavy (non-hydrogen) atoms. The number of nitrogens with one attached hydrogen (secondary N) is 1. The summed E-state index contributed by atoms with van der Waals surface area (Å²) in [5, 5.41) is 19.0. The standard InChI is InChI=1S/C10H13N5O4/c11-10-13-7-6(8(18)14-10)12-3-15(7)9-5(17)1-4(2-16)19-9/h3-5,9,16-17H,1-2H2,(H3,11,13,14,18)/t4?,5-,9?/m1/s1. The maximum atomic E-state index is 11.6. The summed E-state index contributed by atoms with van der Waals surface area (Å²) in [5.74, 6) is -0.0366. The molecule has 3 heterocycles. The first-order valence-corrected chi connectivity index (χ1v) is 5.77. The third kappa shape index (κ3) is 1.87. The number of nitrogens with two attached hydrogens (primary N) is 1. The molecule has 0 saturated carbocycles. The van der Waals surface area contributed by atoms with Gasteiger partial charge < -0.3 is 20.7 Å². The number of aliphatic hydroxyl groups excluding tert-OH is 2.